The summed E-state index contributed by atoms with van der Waals surface area (Å²) < 4.78 is 8.87. The Balaban J connectivity index is -0.000000191. The summed E-state index contributed by atoms with van der Waals surface area (Å²) in [6.45, 7) is 3.72. The van der Waals surface area contributed by atoms with Gasteiger partial charge < -0.3 is 35.9 Å². The Morgan fingerprint density at radius 2 is 1.28 bits per heavy atom. The van der Waals surface area contributed by atoms with Gasteiger partial charge in [0.25, 0.3) is 0 Å². The first-order valence-corrected chi connectivity index (χ1v) is 9.14. The topological polar surface area (TPSA) is 144 Å². The molecule has 0 aromatic heterocycles. The number of amides is 1. The molecule has 2 atom stereocenters. The van der Waals surface area contributed by atoms with Gasteiger partial charge in [-0.1, -0.05) is 60.7 Å². The molecular formula is C22H32N2Na2O6. The van der Waals surface area contributed by atoms with E-state index in [4.69, 9.17) is 10.5 Å². The van der Waals surface area contributed by atoms with Crippen molar-refractivity contribution < 1.29 is 88.8 Å². The number of carboxylic acids is 1. The largest absolute Gasteiger partial charge is 1.00 e. The number of methoxy groups -OCH3 is 2. The van der Waals surface area contributed by atoms with Gasteiger partial charge in [0, 0.05) is 20.3 Å². The van der Waals surface area contributed by atoms with E-state index in [2.05, 4.69) is 10.1 Å². The molecule has 0 saturated heterocycles. The molecule has 2 aromatic rings. The number of benzene rings is 2. The van der Waals surface area contributed by atoms with Crippen LogP contribution in [0.25, 0.3) is 0 Å². The molecule has 8 nitrogen and oxygen atoms in total. The first-order chi connectivity index (χ1) is 13.8. The molecule has 2 aromatic carbocycles. The van der Waals surface area contributed by atoms with Crippen LogP contribution in [0.2, 0.25) is 0 Å². The van der Waals surface area contributed by atoms with Crippen LogP contribution >= 0.6 is 0 Å². The van der Waals surface area contributed by atoms with Crippen LogP contribution in [-0.2, 0) is 19.1 Å². The number of carbonyl (C=O) groups excluding carboxylic acids is 2. The smallest absolute Gasteiger partial charge is 0.870 e. The van der Waals surface area contributed by atoms with Crippen molar-refractivity contribution >= 4 is 11.9 Å². The minimum absolute atomic E-state index is 0. The molecule has 0 spiro atoms. The zero-order valence-electron chi connectivity index (χ0n) is 19.9. The fraction of sp³-hybridized carbons (Fsp3) is 0.364. The number of hydrogen-bond donors (Lipinski definition) is 2. The van der Waals surface area contributed by atoms with Crippen LogP contribution in [0.5, 0.6) is 0 Å². The van der Waals surface area contributed by atoms with Crippen molar-refractivity contribution in [3.05, 3.63) is 71.8 Å². The molecule has 0 aliphatic carbocycles. The van der Waals surface area contributed by atoms with E-state index in [0.29, 0.717) is 0 Å². The van der Waals surface area contributed by atoms with Gasteiger partial charge >= 0.3 is 59.1 Å². The quantitative estimate of drug-likeness (QED) is 0.391. The van der Waals surface area contributed by atoms with Crippen LogP contribution in [0.3, 0.4) is 0 Å². The van der Waals surface area contributed by atoms with Gasteiger partial charge in [0.15, 0.2) is 0 Å². The first-order valence-electron chi connectivity index (χ1n) is 9.14. The molecule has 0 radical (unpaired) electrons. The summed E-state index contributed by atoms with van der Waals surface area (Å²) in [4.78, 5) is 20.6. The number of carbonyl (C=O) groups is 2. The molecular weight excluding hydrogens is 434 g/mol. The Labute approximate surface area is 235 Å². The second kappa shape index (κ2) is 24.9. The molecule has 0 saturated carbocycles. The van der Waals surface area contributed by atoms with Crippen LogP contribution in [0.1, 0.15) is 37.1 Å². The number of nitrogens with one attached hydrogen (secondary N) is 1. The molecule has 0 aliphatic rings. The maximum atomic E-state index is 11.2. The SMILES string of the molecule is COCC(=O)NC(C)c1ccccc1.COCC(=O)[O-].C[C@@H](N)c1ccccc1.[Na+].[Na+].[OH-]. The van der Waals surface area contributed by atoms with Gasteiger partial charge in [-0.05, 0) is 25.0 Å². The van der Waals surface area contributed by atoms with Crippen molar-refractivity contribution in [3.8, 4) is 0 Å². The van der Waals surface area contributed by atoms with Crippen LogP contribution in [0, 0.1) is 0 Å². The van der Waals surface area contributed by atoms with Crippen molar-refractivity contribution in [1.29, 1.82) is 0 Å². The van der Waals surface area contributed by atoms with Gasteiger partial charge in [-0.15, -0.1) is 0 Å². The zero-order valence-corrected chi connectivity index (χ0v) is 23.9. The summed E-state index contributed by atoms with van der Waals surface area (Å²) in [6, 6.07) is 20.1. The fourth-order valence-electron chi connectivity index (χ4n) is 2.11. The molecule has 1 amide bonds. The number of ether oxygens (including phenoxy) is 2. The Hall–Kier alpha value is -0.780. The van der Waals surface area contributed by atoms with Crippen molar-refractivity contribution in [3.63, 3.8) is 0 Å². The normalized spacial score (nSPS) is 10.5. The van der Waals surface area contributed by atoms with E-state index in [0.717, 1.165) is 5.56 Å². The van der Waals surface area contributed by atoms with Crippen molar-refractivity contribution in [1.82, 2.24) is 5.32 Å². The van der Waals surface area contributed by atoms with Gasteiger partial charge in [-0.3, -0.25) is 4.79 Å². The third-order valence-corrected chi connectivity index (χ3v) is 3.54. The van der Waals surface area contributed by atoms with Crippen molar-refractivity contribution in [2.24, 2.45) is 5.73 Å². The molecule has 4 N–H and O–H groups in total. The average Bonchev–Trinajstić information content (AvgIpc) is 2.70. The third-order valence-electron chi connectivity index (χ3n) is 3.54. The molecule has 2 rings (SSSR count). The van der Waals surface area contributed by atoms with Gasteiger partial charge in [0.2, 0.25) is 5.91 Å². The van der Waals surface area contributed by atoms with Crippen molar-refractivity contribution in [2.45, 2.75) is 25.9 Å². The average molecular weight is 466 g/mol. The molecule has 10 heteroatoms. The van der Waals surface area contributed by atoms with E-state index in [1.165, 1.54) is 19.8 Å². The minimum atomic E-state index is -1.18. The third kappa shape index (κ3) is 21.1. The van der Waals surface area contributed by atoms with Crippen LogP contribution < -0.4 is 75.3 Å². The molecule has 0 fully saturated rings. The van der Waals surface area contributed by atoms with E-state index in [1.54, 1.807) is 0 Å². The summed E-state index contributed by atoms with van der Waals surface area (Å²) in [5.74, 6) is -1.28. The Morgan fingerprint density at radius 1 is 0.875 bits per heavy atom. The maximum absolute atomic E-state index is 11.2. The van der Waals surface area contributed by atoms with E-state index in [-0.39, 0.29) is 95.8 Å². The van der Waals surface area contributed by atoms with E-state index < -0.39 is 5.97 Å². The molecule has 168 valence electrons. The van der Waals surface area contributed by atoms with Crippen LogP contribution in [-0.4, -0.2) is 44.8 Å². The summed E-state index contributed by atoms with van der Waals surface area (Å²) in [5, 5.41) is 12.2. The molecule has 0 aliphatic heterocycles. The summed E-state index contributed by atoms with van der Waals surface area (Å²) in [6.07, 6.45) is 0. The maximum Gasteiger partial charge on any atom is 1.00 e. The van der Waals surface area contributed by atoms with E-state index >= 15 is 0 Å². The number of carboxylic acid groups (broad SMARTS) is 1. The fourth-order valence-corrected chi connectivity index (χ4v) is 2.11. The molecule has 1 unspecified atom stereocenters. The zero-order chi connectivity index (χ0) is 22.1. The second-order valence-corrected chi connectivity index (χ2v) is 6.14. The Morgan fingerprint density at radius 3 is 1.56 bits per heavy atom. The molecule has 0 heterocycles. The Kier molecular flexibility index (Phi) is 29.9. The van der Waals surface area contributed by atoms with Gasteiger partial charge in [-0.25, -0.2) is 0 Å². The van der Waals surface area contributed by atoms with Gasteiger partial charge in [0.1, 0.15) is 6.61 Å². The summed E-state index contributed by atoms with van der Waals surface area (Å²) in [7, 11) is 2.81. The second-order valence-electron chi connectivity index (χ2n) is 6.14. The molecule has 0 bridgehead atoms. The van der Waals surface area contributed by atoms with E-state index in [9.17, 15) is 14.7 Å². The number of rotatable bonds is 7. The number of aliphatic carboxylic acids is 1. The first kappa shape index (κ1) is 38.5. The predicted molar refractivity (Wildman–Crippen MR) is 113 cm³/mol. The van der Waals surface area contributed by atoms with Crippen LogP contribution in [0.15, 0.2) is 60.7 Å². The predicted octanol–water partition coefficient (Wildman–Crippen LogP) is -4.57. The summed E-state index contributed by atoms with van der Waals surface area (Å²) in [5.41, 5.74) is 7.90. The Bertz CT molecular complexity index is 691. The van der Waals surface area contributed by atoms with Crippen molar-refractivity contribution in [2.75, 3.05) is 27.4 Å². The van der Waals surface area contributed by atoms with Gasteiger partial charge in [0.05, 0.1) is 18.6 Å². The summed E-state index contributed by atoms with van der Waals surface area (Å²) >= 11 is 0. The van der Waals surface area contributed by atoms with E-state index in [1.807, 2.05) is 74.5 Å². The number of hydrogen-bond acceptors (Lipinski definition) is 7. The standard InChI is InChI=1S/C11H15NO2.C8H11N.C3H6O3.2Na.H2O/c1-9(12-11(13)8-14-2)10-6-4-3-5-7-10;1-7(9)8-5-3-2-4-6-8;1-6-2-3(4)5;;;/h3-7,9H,8H2,1-2H3,(H,12,13);2-7H,9H2,1H3;2H2,1H3,(H,4,5);;;1H2/q;;;2*+1;/p-2/t;7-;;;;/m.1..../s1. The number of nitrogens with two attached hydrogens (primary N) is 1. The monoisotopic (exact) mass is 466 g/mol. The minimum Gasteiger partial charge on any atom is -0.870 e. The van der Waals surface area contributed by atoms with Gasteiger partial charge in [-0.2, -0.15) is 0 Å². The molecule has 32 heavy (non-hydrogen) atoms. The van der Waals surface area contributed by atoms with Crippen LogP contribution in [0.4, 0.5) is 0 Å².